The Kier molecular flexibility index (Phi) is 3.75. The molecule has 1 nitrogen and oxygen atoms in total. The average molecular weight is 357 g/mol. The molecule has 0 fully saturated rings. The molecule has 0 saturated heterocycles. The van der Waals surface area contributed by atoms with Crippen molar-refractivity contribution < 1.29 is 22.0 Å². The third-order valence-electron chi connectivity index (χ3n) is 1.50. The SMILES string of the molecule is FC(F)c1cc(C(F)(F)F)c(Cl)nc1I. The third kappa shape index (κ3) is 2.90. The van der Waals surface area contributed by atoms with Gasteiger partial charge in [-0.3, -0.25) is 0 Å². The fraction of sp³-hybridized carbons (Fsp3) is 0.286. The maximum absolute atomic E-state index is 12.3. The predicted octanol–water partition coefficient (Wildman–Crippen LogP) is 4.30. The number of hydrogen-bond donors (Lipinski definition) is 0. The number of aromatic nitrogens is 1. The molecule has 0 amide bonds. The molecule has 0 aliphatic heterocycles. The molecular weight excluding hydrogens is 355 g/mol. The highest BCUT2D eigenvalue weighted by molar-refractivity contribution is 14.1. The van der Waals surface area contributed by atoms with Crippen LogP contribution in [0.5, 0.6) is 0 Å². The molecule has 1 rings (SSSR count). The van der Waals surface area contributed by atoms with Gasteiger partial charge in [-0.25, -0.2) is 13.8 Å². The minimum Gasteiger partial charge on any atom is -0.229 e. The first-order valence-electron chi connectivity index (χ1n) is 3.44. The first-order chi connectivity index (χ1) is 6.73. The monoisotopic (exact) mass is 357 g/mol. The molecule has 1 aromatic rings. The van der Waals surface area contributed by atoms with Crippen LogP contribution >= 0.6 is 34.2 Å². The summed E-state index contributed by atoms with van der Waals surface area (Å²) in [5.41, 5.74) is -2.12. The largest absolute Gasteiger partial charge is 0.419 e. The first-order valence-corrected chi connectivity index (χ1v) is 4.90. The van der Waals surface area contributed by atoms with Gasteiger partial charge in [0.15, 0.2) is 0 Å². The van der Waals surface area contributed by atoms with E-state index in [9.17, 15) is 22.0 Å². The van der Waals surface area contributed by atoms with Gasteiger partial charge >= 0.3 is 6.18 Å². The molecule has 0 saturated carbocycles. The lowest BCUT2D eigenvalue weighted by atomic mass is 10.2. The Morgan fingerprint density at radius 2 is 1.87 bits per heavy atom. The summed E-state index contributed by atoms with van der Waals surface area (Å²) < 4.78 is 61.1. The highest BCUT2D eigenvalue weighted by atomic mass is 127. The lowest BCUT2D eigenvalue weighted by molar-refractivity contribution is -0.137. The molecule has 8 heteroatoms. The van der Waals surface area contributed by atoms with Crippen molar-refractivity contribution in [1.29, 1.82) is 0 Å². The van der Waals surface area contributed by atoms with E-state index in [4.69, 9.17) is 11.6 Å². The predicted molar refractivity (Wildman–Crippen MR) is 51.9 cm³/mol. The topological polar surface area (TPSA) is 12.9 Å². The minimum atomic E-state index is -4.78. The Morgan fingerprint density at radius 1 is 1.33 bits per heavy atom. The van der Waals surface area contributed by atoms with Gasteiger partial charge < -0.3 is 0 Å². The molecule has 84 valence electrons. The van der Waals surface area contributed by atoms with Crippen molar-refractivity contribution in [3.05, 3.63) is 26.0 Å². The zero-order valence-electron chi connectivity index (χ0n) is 6.75. The van der Waals surface area contributed by atoms with Crippen molar-refractivity contribution in [2.45, 2.75) is 12.6 Å². The molecule has 0 unspecified atom stereocenters. The van der Waals surface area contributed by atoms with Gasteiger partial charge in [0, 0.05) is 0 Å². The van der Waals surface area contributed by atoms with Crippen molar-refractivity contribution in [2.75, 3.05) is 0 Å². The second kappa shape index (κ2) is 4.36. The standard InChI is InChI=1S/C7H2ClF5IN/c8-4-3(7(11,12)13)1-2(5(9)10)6(14)15-4/h1,5H. The molecular formula is C7H2ClF5IN. The van der Waals surface area contributed by atoms with Crippen LogP contribution in [0.15, 0.2) is 6.07 Å². The van der Waals surface area contributed by atoms with Crippen LogP contribution in [-0.4, -0.2) is 4.98 Å². The lowest BCUT2D eigenvalue weighted by Crippen LogP contribution is -2.09. The molecule has 15 heavy (non-hydrogen) atoms. The molecule has 0 spiro atoms. The summed E-state index contributed by atoms with van der Waals surface area (Å²) in [6.07, 6.45) is -7.79. The Balaban J connectivity index is 3.37. The molecule has 0 aliphatic carbocycles. The number of pyridine rings is 1. The van der Waals surface area contributed by atoms with Crippen LogP contribution in [0, 0.1) is 3.70 Å². The fourth-order valence-electron chi connectivity index (χ4n) is 0.837. The van der Waals surface area contributed by atoms with Crippen LogP contribution < -0.4 is 0 Å². The van der Waals surface area contributed by atoms with Gasteiger partial charge in [0.1, 0.15) is 8.85 Å². The van der Waals surface area contributed by atoms with Crippen LogP contribution in [-0.2, 0) is 6.18 Å². The van der Waals surface area contributed by atoms with E-state index in [-0.39, 0.29) is 3.70 Å². The van der Waals surface area contributed by atoms with Crippen LogP contribution in [0.25, 0.3) is 0 Å². The highest BCUT2D eigenvalue weighted by Crippen LogP contribution is 2.37. The van der Waals surface area contributed by atoms with Crippen LogP contribution in [0.4, 0.5) is 22.0 Å². The minimum absolute atomic E-state index is 0.236. The van der Waals surface area contributed by atoms with E-state index in [1.165, 1.54) is 22.6 Å². The van der Waals surface area contributed by atoms with Gasteiger partial charge in [-0.1, -0.05) is 11.6 Å². The summed E-state index contributed by atoms with van der Waals surface area (Å²) in [6.45, 7) is 0. The number of alkyl halides is 5. The van der Waals surface area contributed by atoms with Gasteiger partial charge in [-0.15, -0.1) is 0 Å². The zero-order chi connectivity index (χ0) is 11.8. The maximum atomic E-state index is 12.3. The quantitative estimate of drug-likeness (QED) is 0.415. The van der Waals surface area contributed by atoms with Gasteiger partial charge in [-0.05, 0) is 28.7 Å². The Labute approximate surface area is 99.8 Å². The van der Waals surface area contributed by atoms with E-state index in [1.807, 2.05) is 0 Å². The number of rotatable bonds is 1. The summed E-state index contributed by atoms with van der Waals surface area (Å²) in [5, 5.41) is -0.823. The van der Waals surface area contributed by atoms with Crippen molar-refractivity contribution >= 4 is 34.2 Å². The summed E-state index contributed by atoms with van der Waals surface area (Å²) in [4.78, 5) is 3.21. The Bertz CT molecular complexity index is 378. The molecule has 0 aromatic carbocycles. The van der Waals surface area contributed by atoms with Crippen LogP contribution in [0.2, 0.25) is 5.15 Å². The maximum Gasteiger partial charge on any atom is 0.419 e. The Hall–Kier alpha value is -0.180. The summed E-state index contributed by atoms with van der Waals surface area (Å²) in [7, 11) is 0. The third-order valence-corrected chi connectivity index (χ3v) is 2.65. The molecule has 0 atom stereocenters. The summed E-state index contributed by atoms with van der Waals surface area (Å²) in [6, 6.07) is 0.321. The van der Waals surface area contributed by atoms with Gasteiger partial charge in [0.05, 0.1) is 11.1 Å². The molecule has 0 N–H and O–H groups in total. The van der Waals surface area contributed by atoms with Crippen molar-refractivity contribution in [2.24, 2.45) is 0 Å². The fourth-order valence-corrected chi connectivity index (χ4v) is 1.86. The van der Waals surface area contributed by atoms with E-state index in [1.54, 1.807) is 0 Å². The average Bonchev–Trinajstić information content (AvgIpc) is 2.00. The Morgan fingerprint density at radius 3 is 2.27 bits per heavy atom. The van der Waals surface area contributed by atoms with E-state index in [0.29, 0.717) is 6.07 Å². The second-order valence-corrected chi connectivity index (χ2v) is 3.89. The van der Waals surface area contributed by atoms with E-state index >= 15 is 0 Å². The van der Waals surface area contributed by atoms with Gasteiger partial charge in [0.25, 0.3) is 6.43 Å². The van der Waals surface area contributed by atoms with E-state index < -0.39 is 28.9 Å². The van der Waals surface area contributed by atoms with Gasteiger partial charge in [-0.2, -0.15) is 13.2 Å². The molecule has 0 aliphatic rings. The van der Waals surface area contributed by atoms with Gasteiger partial charge in [0.2, 0.25) is 0 Å². The molecule has 0 radical (unpaired) electrons. The first kappa shape index (κ1) is 12.9. The smallest absolute Gasteiger partial charge is 0.229 e. The molecule has 1 aromatic heterocycles. The van der Waals surface area contributed by atoms with Crippen molar-refractivity contribution in [3.8, 4) is 0 Å². The highest BCUT2D eigenvalue weighted by Gasteiger charge is 2.35. The molecule has 1 heterocycles. The normalized spacial score (nSPS) is 12.3. The number of halogens is 7. The van der Waals surface area contributed by atoms with E-state index in [0.717, 1.165) is 0 Å². The number of hydrogen-bond acceptors (Lipinski definition) is 1. The second-order valence-electron chi connectivity index (χ2n) is 2.51. The summed E-state index contributed by atoms with van der Waals surface area (Å²) in [5.74, 6) is 0. The summed E-state index contributed by atoms with van der Waals surface area (Å²) >= 11 is 6.61. The van der Waals surface area contributed by atoms with E-state index in [2.05, 4.69) is 4.98 Å². The number of nitrogens with zero attached hydrogens (tertiary/aromatic N) is 1. The van der Waals surface area contributed by atoms with Crippen LogP contribution in [0.3, 0.4) is 0 Å². The zero-order valence-corrected chi connectivity index (χ0v) is 9.66. The molecule has 0 bridgehead atoms. The van der Waals surface area contributed by atoms with Crippen molar-refractivity contribution in [3.63, 3.8) is 0 Å². The lowest BCUT2D eigenvalue weighted by Gasteiger charge is -2.11. The van der Waals surface area contributed by atoms with Crippen LogP contribution in [0.1, 0.15) is 17.6 Å². The van der Waals surface area contributed by atoms with Crippen molar-refractivity contribution in [1.82, 2.24) is 4.98 Å².